The predicted octanol–water partition coefficient (Wildman–Crippen LogP) is 0.376. The van der Waals surface area contributed by atoms with E-state index in [0.29, 0.717) is 12.2 Å². The second-order valence-electron chi connectivity index (χ2n) is 4.28. The molecule has 2 amide bonds. The molecule has 5 nitrogen and oxygen atoms in total. The molecule has 1 saturated heterocycles. The van der Waals surface area contributed by atoms with Gasteiger partial charge < -0.3 is 14.8 Å². The number of likely N-dealkylation sites (tertiary alicyclic amines) is 1. The molecule has 5 heteroatoms. The lowest BCUT2D eigenvalue weighted by Gasteiger charge is -2.23. The second-order valence-corrected chi connectivity index (χ2v) is 4.28. The van der Waals surface area contributed by atoms with Crippen molar-refractivity contribution < 1.29 is 9.59 Å². The van der Waals surface area contributed by atoms with Gasteiger partial charge in [0, 0.05) is 26.8 Å². The summed E-state index contributed by atoms with van der Waals surface area (Å²) < 4.78 is 1.78. The third-order valence-corrected chi connectivity index (χ3v) is 3.23. The van der Waals surface area contributed by atoms with Crippen LogP contribution in [0.1, 0.15) is 23.3 Å². The number of nitrogens with one attached hydrogen (secondary N) is 1. The lowest BCUT2D eigenvalue weighted by atomic mass is 10.2. The second kappa shape index (κ2) is 4.61. The predicted molar refractivity (Wildman–Crippen MR) is 63.5 cm³/mol. The van der Waals surface area contributed by atoms with Crippen LogP contribution in [0.5, 0.6) is 0 Å². The van der Waals surface area contributed by atoms with Crippen LogP contribution in [0.2, 0.25) is 0 Å². The summed E-state index contributed by atoms with van der Waals surface area (Å²) in [6.07, 6.45) is 3.46. The van der Waals surface area contributed by atoms with E-state index in [1.807, 2.05) is 19.3 Å². The highest BCUT2D eigenvalue weighted by atomic mass is 16.2. The summed E-state index contributed by atoms with van der Waals surface area (Å²) >= 11 is 0. The van der Waals surface area contributed by atoms with Gasteiger partial charge in [-0.1, -0.05) is 0 Å². The van der Waals surface area contributed by atoms with Crippen molar-refractivity contribution in [3.63, 3.8) is 0 Å². The smallest absolute Gasteiger partial charge is 0.271 e. The summed E-state index contributed by atoms with van der Waals surface area (Å²) in [5.41, 5.74) is 0.626. The minimum Gasteiger partial charge on any atom is -0.357 e. The minimum atomic E-state index is -0.317. The topological polar surface area (TPSA) is 54.3 Å². The zero-order valence-electron chi connectivity index (χ0n) is 10.1. The molecule has 1 aromatic heterocycles. The Labute approximate surface area is 100 Å². The summed E-state index contributed by atoms with van der Waals surface area (Å²) in [5, 5.41) is 2.61. The molecular formula is C12H17N3O2. The number of likely N-dealkylation sites (N-methyl/N-ethyl adjacent to an activating group) is 1. The number of aryl methyl sites for hydroxylation is 1. The first-order valence-corrected chi connectivity index (χ1v) is 5.79. The number of nitrogens with zero attached hydrogens (tertiary/aromatic N) is 2. The number of carbonyl (C=O) groups excluding carboxylic acids is 2. The summed E-state index contributed by atoms with van der Waals surface area (Å²) in [5.74, 6) is -0.145. The maximum Gasteiger partial charge on any atom is 0.271 e. The first-order valence-electron chi connectivity index (χ1n) is 5.79. The van der Waals surface area contributed by atoms with E-state index >= 15 is 0 Å². The first-order chi connectivity index (χ1) is 8.15. The van der Waals surface area contributed by atoms with Crippen molar-refractivity contribution in [1.29, 1.82) is 0 Å². The number of aromatic nitrogens is 1. The molecule has 0 aromatic carbocycles. The Balaban J connectivity index is 2.19. The van der Waals surface area contributed by atoms with Gasteiger partial charge in [-0.2, -0.15) is 0 Å². The molecular weight excluding hydrogens is 218 g/mol. The summed E-state index contributed by atoms with van der Waals surface area (Å²) in [6.45, 7) is 0.655. The van der Waals surface area contributed by atoms with Gasteiger partial charge >= 0.3 is 0 Å². The molecule has 0 radical (unpaired) electrons. The molecule has 17 heavy (non-hydrogen) atoms. The van der Waals surface area contributed by atoms with Crippen LogP contribution in [-0.4, -0.2) is 40.9 Å². The van der Waals surface area contributed by atoms with Crippen LogP contribution in [0.4, 0.5) is 0 Å². The van der Waals surface area contributed by atoms with Gasteiger partial charge in [0.2, 0.25) is 5.91 Å². The molecule has 1 unspecified atom stereocenters. The van der Waals surface area contributed by atoms with E-state index in [4.69, 9.17) is 0 Å². The number of amides is 2. The van der Waals surface area contributed by atoms with Gasteiger partial charge in [0.1, 0.15) is 11.7 Å². The Hall–Kier alpha value is -1.78. The van der Waals surface area contributed by atoms with Crippen molar-refractivity contribution >= 4 is 11.8 Å². The van der Waals surface area contributed by atoms with Gasteiger partial charge in [-0.05, 0) is 25.0 Å². The van der Waals surface area contributed by atoms with Crippen molar-refractivity contribution in [3.05, 3.63) is 24.0 Å². The highest BCUT2D eigenvalue weighted by molar-refractivity contribution is 5.96. The van der Waals surface area contributed by atoms with Gasteiger partial charge in [0.25, 0.3) is 5.91 Å². The molecule has 0 bridgehead atoms. The quantitative estimate of drug-likeness (QED) is 0.805. The fraction of sp³-hybridized carbons (Fsp3) is 0.500. The molecule has 0 saturated carbocycles. The standard InChI is InChI=1S/C12H17N3O2/c1-13-11(16)9-5-4-8-15(9)12(17)10-6-3-7-14(10)2/h3,6-7,9H,4-5,8H2,1-2H3,(H,13,16). The normalized spacial score (nSPS) is 19.4. The molecule has 1 N–H and O–H groups in total. The average molecular weight is 235 g/mol. The largest absolute Gasteiger partial charge is 0.357 e. The molecule has 1 aliphatic rings. The Kier molecular flexibility index (Phi) is 3.17. The summed E-state index contributed by atoms with van der Waals surface area (Å²) in [6, 6.07) is 3.29. The van der Waals surface area contributed by atoms with Gasteiger partial charge in [-0.15, -0.1) is 0 Å². The molecule has 1 aromatic rings. The van der Waals surface area contributed by atoms with Crippen LogP contribution in [0, 0.1) is 0 Å². The van der Waals surface area contributed by atoms with Gasteiger partial charge in [-0.3, -0.25) is 9.59 Å². The average Bonchev–Trinajstić information content (AvgIpc) is 2.95. The molecule has 1 fully saturated rings. The maximum absolute atomic E-state index is 12.3. The van der Waals surface area contributed by atoms with E-state index < -0.39 is 0 Å². The zero-order valence-corrected chi connectivity index (χ0v) is 10.1. The Bertz CT molecular complexity index is 439. The van der Waals surface area contributed by atoms with E-state index in [1.165, 1.54) is 0 Å². The van der Waals surface area contributed by atoms with Crippen LogP contribution in [0.15, 0.2) is 18.3 Å². The van der Waals surface area contributed by atoms with Crippen LogP contribution >= 0.6 is 0 Å². The summed E-state index contributed by atoms with van der Waals surface area (Å²) in [7, 11) is 3.43. The molecule has 2 heterocycles. The Morgan fingerprint density at radius 1 is 1.47 bits per heavy atom. The van der Waals surface area contributed by atoms with E-state index in [1.54, 1.807) is 22.6 Å². The number of hydrogen-bond donors (Lipinski definition) is 1. The van der Waals surface area contributed by atoms with Crippen molar-refractivity contribution in [2.45, 2.75) is 18.9 Å². The Morgan fingerprint density at radius 2 is 2.24 bits per heavy atom. The third kappa shape index (κ3) is 2.05. The highest BCUT2D eigenvalue weighted by Crippen LogP contribution is 2.20. The first kappa shape index (κ1) is 11.7. The number of rotatable bonds is 2. The fourth-order valence-corrected chi connectivity index (χ4v) is 2.28. The molecule has 1 atom stereocenters. The van der Waals surface area contributed by atoms with Gasteiger partial charge in [0.15, 0.2) is 0 Å². The number of carbonyl (C=O) groups is 2. The molecule has 2 rings (SSSR count). The lowest BCUT2D eigenvalue weighted by molar-refractivity contribution is -0.124. The zero-order chi connectivity index (χ0) is 12.4. The molecule has 92 valence electrons. The van der Waals surface area contributed by atoms with Crippen molar-refractivity contribution in [1.82, 2.24) is 14.8 Å². The monoisotopic (exact) mass is 235 g/mol. The van der Waals surface area contributed by atoms with Crippen molar-refractivity contribution in [3.8, 4) is 0 Å². The minimum absolute atomic E-state index is 0.0661. The SMILES string of the molecule is CNC(=O)C1CCCN1C(=O)c1cccn1C. The van der Waals surface area contributed by atoms with E-state index in [0.717, 1.165) is 12.8 Å². The fourth-order valence-electron chi connectivity index (χ4n) is 2.28. The van der Waals surface area contributed by atoms with Crippen LogP contribution in [-0.2, 0) is 11.8 Å². The van der Waals surface area contributed by atoms with E-state index in [-0.39, 0.29) is 17.9 Å². The molecule has 1 aliphatic heterocycles. The van der Waals surface area contributed by atoms with Crippen molar-refractivity contribution in [2.24, 2.45) is 7.05 Å². The van der Waals surface area contributed by atoms with Gasteiger partial charge in [0.05, 0.1) is 0 Å². The van der Waals surface area contributed by atoms with Crippen LogP contribution in [0.3, 0.4) is 0 Å². The van der Waals surface area contributed by atoms with Crippen LogP contribution < -0.4 is 5.32 Å². The van der Waals surface area contributed by atoms with E-state index in [9.17, 15) is 9.59 Å². The maximum atomic E-state index is 12.3. The summed E-state index contributed by atoms with van der Waals surface area (Å²) in [4.78, 5) is 25.6. The molecule has 0 spiro atoms. The van der Waals surface area contributed by atoms with Crippen molar-refractivity contribution in [2.75, 3.05) is 13.6 Å². The molecule has 0 aliphatic carbocycles. The van der Waals surface area contributed by atoms with E-state index in [2.05, 4.69) is 5.32 Å². The third-order valence-electron chi connectivity index (χ3n) is 3.23. The van der Waals surface area contributed by atoms with Gasteiger partial charge in [-0.25, -0.2) is 0 Å². The van der Waals surface area contributed by atoms with Crippen LogP contribution in [0.25, 0.3) is 0 Å². The lowest BCUT2D eigenvalue weighted by Crippen LogP contribution is -2.45. The Morgan fingerprint density at radius 3 is 2.82 bits per heavy atom. The highest BCUT2D eigenvalue weighted by Gasteiger charge is 2.34. The number of hydrogen-bond acceptors (Lipinski definition) is 2.